The molecule has 0 amide bonds. The van der Waals surface area contributed by atoms with Gasteiger partial charge in [0.25, 0.3) is 0 Å². The Kier molecular flexibility index (Phi) is 3.47. The third kappa shape index (κ3) is 2.60. The number of aromatic amines is 1. The minimum absolute atomic E-state index is 0.217. The fourth-order valence-electron chi connectivity index (χ4n) is 1.44. The predicted molar refractivity (Wildman–Crippen MR) is 65.6 cm³/mol. The van der Waals surface area contributed by atoms with Gasteiger partial charge >= 0.3 is 5.76 Å². The molecule has 0 saturated carbocycles. The summed E-state index contributed by atoms with van der Waals surface area (Å²) in [4.78, 5) is 10.7. The highest BCUT2D eigenvalue weighted by molar-refractivity contribution is 5.67. The van der Waals surface area contributed by atoms with Gasteiger partial charge in [0.1, 0.15) is 0 Å². The summed E-state index contributed by atoms with van der Waals surface area (Å²) in [5.41, 5.74) is 0.873. The van der Waals surface area contributed by atoms with Crippen LogP contribution in [0, 0.1) is 0 Å². The molecule has 94 valence electrons. The summed E-state index contributed by atoms with van der Waals surface area (Å²) in [6.45, 7) is 0. The van der Waals surface area contributed by atoms with Crippen molar-refractivity contribution in [3.05, 3.63) is 40.2 Å². The molecular weight excluding hydrogens is 236 g/mol. The molecule has 0 spiro atoms. The smallest absolute Gasteiger partial charge is 0.434 e. The van der Waals surface area contributed by atoms with Crippen molar-refractivity contribution in [2.45, 2.75) is 0 Å². The number of nitrogens with zero attached hydrogens (tertiary/aromatic N) is 1. The van der Waals surface area contributed by atoms with Crippen LogP contribution in [0.5, 0.6) is 11.5 Å². The zero-order valence-electron chi connectivity index (χ0n) is 9.97. The molecule has 1 aromatic carbocycles. The Labute approximate surface area is 103 Å². The van der Waals surface area contributed by atoms with Gasteiger partial charge in [0, 0.05) is 6.08 Å². The number of nitrogens with one attached hydrogen (secondary N) is 1. The summed E-state index contributed by atoms with van der Waals surface area (Å²) in [6, 6.07) is 5.45. The van der Waals surface area contributed by atoms with Crippen LogP contribution in [0.4, 0.5) is 0 Å². The van der Waals surface area contributed by atoms with Gasteiger partial charge in [-0.3, -0.25) is 0 Å². The van der Waals surface area contributed by atoms with Crippen molar-refractivity contribution in [2.75, 3.05) is 14.2 Å². The topological polar surface area (TPSA) is 77.4 Å². The van der Waals surface area contributed by atoms with Crippen LogP contribution in [0.15, 0.2) is 27.4 Å². The lowest BCUT2D eigenvalue weighted by Gasteiger charge is -2.07. The average molecular weight is 248 g/mol. The number of hydrogen-bond acceptors (Lipinski definition) is 5. The maximum absolute atomic E-state index is 10.7. The molecular formula is C12H12N2O4. The third-order valence-corrected chi connectivity index (χ3v) is 2.28. The van der Waals surface area contributed by atoms with E-state index in [1.165, 1.54) is 0 Å². The zero-order valence-corrected chi connectivity index (χ0v) is 9.97. The van der Waals surface area contributed by atoms with E-state index in [9.17, 15) is 4.79 Å². The molecule has 18 heavy (non-hydrogen) atoms. The van der Waals surface area contributed by atoms with Gasteiger partial charge in [-0.05, 0) is 23.8 Å². The Morgan fingerprint density at radius 3 is 2.61 bits per heavy atom. The van der Waals surface area contributed by atoms with Crippen molar-refractivity contribution in [3.8, 4) is 11.5 Å². The van der Waals surface area contributed by atoms with Gasteiger partial charge in [-0.15, -0.1) is 5.10 Å². The molecule has 2 aromatic rings. The molecule has 2 rings (SSSR count). The molecule has 6 nitrogen and oxygen atoms in total. The molecule has 1 aromatic heterocycles. The van der Waals surface area contributed by atoms with E-state index < -0.39 is 5.76 Å². The van der Waals surface area contributed by atoms with E-state index >= 15 is 0 Å². The van der Waals surface area contributed by atoms with E-state index in [0.717, 1.165) is 5.56 Å². The monoisotopic (exact) mass is 248 g/mol. The molecule has 6 heteroatoms. The van der Waals surface area contributed by atoms with Crippen LogP contribution in [-0.4, -0.2) is 24.4 Å². The van der Waals surface area contributed by atoms with Gasteiger partial charge in [-0.2, -0.15) is 0 Å². The van der Waals surface area contributed by atoms with Crippen LogP contribution < -0.4 is 15.2 Å². The number of ether oxygens (including phenoxy) is 2. The quantitative estimate of drug-likeness (QED) is 0.888. The highest BCUT2D eigenvalue weighted by Gasteiger charge is 2.03. The molecule has 0 aliphatic carbocycles. The van der Waals surface area contributed by atoms with E-state index in [0.29, 0.717) is 11.5 Å². The first-order valence-corrected chi connectivity index (χ1v) is 5.18. The highest BCUT2D eigenvalue weighted by atomic mass is 16.5. The molecule has 1 N–H and O–H groups in total. The number of H-pyrrole nitrogens is 1. The van der Waals surface area contributed by atoms with E-state index in [4.69, 9.17) is 13.9 Å². The number of hydrogen-bond donors (Lipinski definition) is 1. The first-order chi connectivity index (χ1) is 8.72. The van der Waals surface area contributed by atoms with Crippen molar-refractivity contribution in [2.24, 2.45) is 0 Å². The van der Waals surface area contributed by atoms with Crippen molar-refractivity contribution in [3.63, 3.8) is 0 Å². The van der Waals surface area contributed by atoms with Crippen LogP contribution in [0.1, 0.15) is 11.5 Å². The predicted octanol–water partition coefficient (Wildman–Crippen LogP) is 1.55. The van der Waals surface area contributed by atoms with E-state index in [1.807, 2.05) is 6.07 Å². The average Bonchev–Trinajstić information content (AvgIpc) is 2.81. The minimum Gasteiger partial charge on any atom is -0.493 e. The molecule has 1 heterocycles. The largest absolute Gasteiger partial charge is 0.493 e. The Hall–Kier alpha value is -2.50. The fourth-order valence-corrected chi connectivity index (χ4v) is 1.44. The summed E-state index contributed by atoms with van der Waals surface area (Å²) in [5.74, 6) is 0.917. The molecule has 0 aliphatic heterocycles. The summed E-state index contributed by atoms with van der Waals surface area (Å²) in [7, 11) is 3.14. The summed E-state index contributed by atoms with van der Waals surface area (Å²) >= 11 is 0. The second-order valence-electron chi connectivity index (χ2n) is 3.40. The number of rotatable bonds is 4. The van der Waals surface area contributed by atoms with Gasteiger partial charge in [-0.1, -0.05) is 6.07 Å². The SMILES string of the molecule is COc1ccc(/C=C/c2n[nH]c(=O)o2)cc1OC. The summed E-state index contributed by atoms with van der Waals surface area (Å²) in [6.07, 6.45) is 3.33. The van der Waals surface area contributed by atoms with Crippen molar-refractivity contribution in [1.82, 2.24) is 10.2 Å². The first-order valence-electron chi connectivity index (χ1n) is 5.18. The molecule has 0 atom stereocenters. The molecule has 0 saturated heterocycles. The Morgan fingerprint density at radius 2 is 2.00 bits per heavy atom. The summed E-state index contributed by atoms with van der Waals surface area (Å²) < 4.78 is 15.1. The normalized spacial score (nSPS) is 10.8. The first kappa shape index (κ1) is 12.0. The molecule has 0 unspecified atom stereocenters. The van der Waals surface area contributed by atoms with Crippen molar-refractivity contribution >= 4 is 12.2 Å². The van der Waals surface area contributed by atoms with Crippen LogP contribution in [0.2, 0.25) is 0 Å². The van der Waals surface area contributed by atoms with Crippen molar-refractivity contribution in [1.29, 1.82) is 0 Å². The Morgan fingerprint density at radius 1 is 1.22 bits per heavy atom. The standard InChI is InChI=1S/C12H12N2O4/c1-16-9-5-3-8(7-10(9)17-2)4-6-11-13-14-12(15)18-11/h3-7H,1-2H3,(H,14,15)/b6-4+. The summed E-state index contributed by atoms with van der Waals surface area (Å²) in [5, 5.41) is 5.84. The maximum Gasteiger partial charge on any atom is 0.434 e. The van der Waals surface area contributed by atoms with Crippen LogP contribution in [0.25, 0.3) is 12.2 Å². The minimum atomic E-state index is -0.582. The van der Waals surface area contributed by atoms with Gasteiger partial charge in [0.2, 0.25) is 5.89 Å². The van der Waals surface area contributed by atoms with E-state index in [2.05, 4.69) is 10.2 Å². The molecule has 0 aliphatic rings. The number of benzene rings is 1. The van der Waals surface area contributed by atoms with Crippen LogP contribution in [0.3, 0.4) is 0 Å². The van der Waals surface area contributed by atoms with Gasteiger partial charge in [-0.25, -0.2) is 9.89 Å². The lowest BCUT2D eigenvalue weighted by Crippen LogP contribution is -1.93. The van der Waals surface area contributed by atoms with E-state index in [1.54, 1.807) is 38.5 Å². The molecule has 0 fully saturated rings. The lowest BCUT2D eigenvalue weighted by molar-refractivity contribution is 0.355. The second-order valence-corrected chi connectivity index (χ2v) is 3.40. The Bertz CT molecular complexity index is 613. The van der Waals surface area contributed by atoms with Crippen molar-refractivity contribution < 1.29 is 13.9 Å². The Balaban J connectivity index is 2.24. The maximum atomic E-state index is 10.7. The third-order valence-electron chi connectivity index (χ3n) is 2.28. The fraction of sp³-hybridized carbons (Fsp3) is 0.167. The van der Waals surface area contributed by atoms with Gasteiger partial charge in [0.15, 0.2) is 11.5 Å². The second kappa shape index (κ2) is 5.22. The zero-order chi connectivity index (χ0) is 13.0. The number of aromatic nitrogens is 2. The van der Waals surface area contributed by atoms with Crippen LogP contribution in [-0.2, 0) is 0 Å². The number of methoxy groups -OCH3 is 2. The molecule has 0 radical (unpaired) electrons. The highest BCUT2D eigenvalue weighted by Crippen LogP contribution is 2.28. The van der Waals surface area contributed by atoms with Gasteiger partial charge in [0.05, 0.1) is 14.2 Å². The van der Waals surface area contributed by atoms with E-state index in [-0.39, 0.29) is 5.89 Å². The van der Waals surface area contributed by atoms with Gasteiger partial charge < -0.3 is 13.9 Å². The molecule has 0 bridgehead atoms. The lowest BCUT2D eigenvalue weighted by atomic mass is 10.2. The van der Waals surface area contributed by atoms with Crippen LogP contribution >= 0.6 is 0 Å².